The van der Waals surface area contributed by atoms with Crippen molar-refractivity contribution in [2.45, 2.75) is 45.6 Å². The zero-order chi connectivity index (χ0) is 13.9. The number of fused-ring (bicyclic) bond motifs is 1. The van der Waals surface area contributed by atoms with Gasteiger partial charge in [-0.2, -0.15) is 0 Å². The molecule has 1 aliphatic rings. The molecule has 1 heterocycles. The van der Waals surface area contributed by atoms with Gasteiger partial charge in [0, 0.05) is 0 Å². The van der Waals surface area contributed by atoms with E-state index in [2.05, 4.69) is 37.4 Å². The molecule has 2 heteroatoms. The molecule has 1 unspecified atom stereocenters. The molecule has 2 nitrogen and oxygen atoms in total. The molecule has 0 radical (unpaired) electrons. The summed E-state index contributed by atoms with van der Waals surface area (Å²) < 4.78 is 5.71. The van der Waals surface area contributed by atoms with E-state index in [1.807, 2.05) is 6.07 Å². The predicted molar refractivity (Wildman–Crippen MR) is 82.0 cm³/mol. The van der Waals surface area contributed by atoms with E-state index >= 15 is 0 Å². The number of furan rings is 1. The first-order chi connectivity index (χ1) is 9.79. The fourth-order valence-electron chi connectivity index (χ4n) is 3.18. The van der Waals surface area contributed by atoms with Crippen LogP contribution in [0.3, 0.4) is 0 Å². The molecule has 0 bridgehead atoms. The highest BCUT2D eigenvalue weighted by Crippen LogP contribution is 2.29. The lowest BCUT2D eigenvalue weighted by molar-refractivity contribution is 0.449. The summed E-state index contributed by atoms with van der Waals surface area (Å²) in [6.07, 6.45) is 6.90. The quantitative estimate of drug-likeness (QED) is 0.901. The third kappa shape index (κ3) is 2.53. The second kappa shape index (κ2) is 5.84. The smallest absolute Gasteiger partial charge is 0.128 e. The molecule has 1 aromatic carbocycles. The van der Waals surface area contributed by atoms with Crippen molar-refractivity contribution in [1.82, 2.24) is 5.32 Å². The Morgan fingerprint density at radius 1 is 1.15 bits per heavy atom. The normalized spacial score (nSPS) is 15.9. The number of rotatable bonds is 4. The molecule has 106 valence electrons. The Morgan fingerprint density at radius 2 is 1.95 bits per heavy atom. The van der Waals surface area contributed by atoms with Crippen molar-refractivity contribution in [2.75, 3.05) is 6.54 Å². The average Bonchev–Trinajstić information content (AvgIpc) is 2.90. The van der Waals surface area contributed by atoms with Crippen LogP contribution >= 0.6 is 0 Å². The van der Waals surface area contributed by atoms with Gasteiger partial charge in [-0.15, -0.1) is 0 Å². The van der Waals surface area contributed by atoms with Crippen LogP contribution in [0, 0.1) is 6.92 Å². The predicted octanol–water partition coefficient (Wildman–Crippen LogP) is 4.17. The van der Waals surface area contributed by atoms with Crippen LogP contribution in [0.25, 0.3) is 0 Å². The van der Waals surface area contributed by atoms with Crippen LogP contribution in [0.1, 0.15) is 53.8 Å². The van der Waals surface area contributed by atoms with Crippen LogP contribution in [0.15, 0.2) is 34.9 Å². The third-order valence-electron chi connectivity index (χ3n) is 4.28. The summed E-state index contributed by atoms with van der Waals surface area (Å²) in [5.74, 6) is 1.04. The summed E-state index contributed by atoms with van der Waals surface area (Å²) in [5.41, 5.74) is 5.60. The molecule has 0 amide bonds. The van der Waals surface area contributed by atoms with Crippen molar-refractivity contribution in [3.8, 4) is 0 Å². The first-order valence-electron chi connectivity index (χ1n) is 7.68. The minimum Gasteiger partial charge on any atom is -0.467 e. The SMILES string of the molecule is CCNC(c1ccc2c(c1)CCCC2)c1occc1C. The van der Waals surface area contributed by atoms with Gasteiger partial charge in [0.05, 0.1) is 12.3 Å². The summed E-state index contributed by atoms with van der Waals surface area (Å²) in [4.78, 5) is 0. The van der Waals surface area contributed by atoms with E-state index in [1.54, 1.807) is 6.26 Å². The van der Waals surface area contributed by atoms with Gasteiger partial charge in [-0.1, -0.05) is 25.1 Å². The summed E-state index contributed by atoms with van der Waals surface area (Å²) >= 11 is 0. The molecule has 20 heavy (non-hydrogen) atoms. The number of hydrogen-bond acceptors (Lipinski definition) is 2. The Balaban J connectivity index is 1.97. The van der Waals surface area contributed by atoms with Crippen LogP contribution in [-0.2, 0) is 12.8 Å². The highest BCUT2D eigenvalue weighted by molar-refractivity contribution is 5.38. The van der Waals surface area contributed by atoms with E-state index in [1.165, 1.54) is 47.9 Å². The number of benzene rings is 1. The van der Waals surface area contributed by atoms with E-state index in [0.717, 1.165) is 12.3 Å². The molecule has 1 N–H and O–H groups in total. The zero-order valence-electron chi connectivity index (χ0n) is 12.4. The maximum absolute atomic E-state index is 5.71. The maximum Gasteiger partial charge on any atom is 0.128 e. The van der Waals surface area contributed by atoms with Gasteiger partial charge in [0.25, 0.3) is 0 Å². The van der Waals surface area contributed by atoms with Gasteiger partial charge in [-0.3, -0.25) is 0 Å². The number of nitrogens with one attached hydrogen (secondary N) is 1. The Hall–Kier alpha value is -1.54. The van der Waals surface area contributed by atoms with Gasteiger partial charge >= 0.3 is 0 Å². The van der Waals surface area contributed by atoms with Crippen molar-refractivity contribution in [3.63, 3.8) is 0 Å². The highest BCUT2D eigenvalue weighted by Gasteiger charge is 2.20. The van der Waals surface area contributed by atoms with Gasteiger partial charge in [0.15, 0.2) is 0 Å². The van der Waals surface area contributed by atoms with Gasteiger partial charge in [0.2, 0.25) is 0 Å². The molecule has 2 aromatic rings. The molecule has 0 fully saturated rings. The minimum absolute atomic E-state index is 0.169. The lowest BCUT2D eigenvalue weighted by Crippen LogP contribution is -2.22. The van der Waals surface area contributed by atoms with E-state index in [0.29, 0.717) is 0 Å². The fraction of sp³-hybridized carbons (Fsp3) is 0.444. The summed E-state index contributed by atoms with van der Waals surface area (Å²) in [7, 11) is 0. The van der Waals surface area contributed by atoms with Crippen LogP contribution < -0.4 is 5.32 Å². The molecular formula is C18H23NO. The topological polar surface area (TPSA) is 25.2 Å². The van der Waals surface area contributed by atoms with Crippen molar-refractivity contribution in [3.05, 3.63) is 58.5 Å². The second-order valence-electron chi connectivity index (χ2n) is 5.69. The molecule has 0 aliphatic heterocycles. The first-order valence-corrected chi connectivity index (χ1v) is 7.68. The molecule has 3 rings (SSSR count). The Morgan fingerprint density at radius 3 is 2.65 bits per heavy atom. The molecule has 0 saturated carbocycles. The first kappa shape index (κ1) is 13.4. The Kier molecular flexibility index (Phi) is 3.93. The van der Waals surface area contributed by atoms with E-state index in [-0.39, 0.29) is 6.04 Å². The lowest BCUT2D eigenvalue weighted by atomic mass is 9.88. The third-order valence-corrected chi connectivity index (χ3v) is 4.28. The second-order valence-corrected chi connectivity index (χ2v) is 5.69. The summed E-state index contributed by atoms with van der Waals surface area (Å²) in [6, 6.07) is 9.16. The van der Waals surface area contributed by atoms with Gasteiger partial charge < -0.3 is 9.73 Å². The largest absolute Gasteiger partial charge is 0.467 e. The lowest BCUT2D eigenvalue weighted by Gasteiger charge is -2.21. The van der Waals surface area contributed by atoms with Crippen molar-refractivity contribution in [1.29, 1.82) is 0 Å². The minimum atomic E-state index is 0.169. The van der Waals surface area contributed by atoms with Crippen LogP contribution in [0.4, 0.5) is 0 Å². The maximum atomic E-state index is 5.71. The van der Waals surface area contributed by atoms with Crippen molar-refractivity contribution < 1.29 is 4.42 Å². The Labute approximate surface area is 121 Å². The Bertz CT molecular complexity index is 585. The molecule has 0 spiro atoms. The van der Waals surface area contributed by atoms with E-state index in [4.69, 9.17) is 4.42 Å². The fourth-order valence-corrected chi connectivity index (χ4v) is 3.18. The van der Waals surface area contributed by atoms with Crippen LogP contribution in [-0.4, -0.2) is 6.54 Å². The van der Waals surface area contributed by atoms with Gasteiger partial charge in [-0.25, -0.2) is 0 Å². The summed E-state index contributed by atoms with van der Waals surface area (Å²) in [6.45, 7) is 5.19. The number of hydrogen-bond donors (Lipinski definition) is 1. The monoisotopic (exact) mass is 269 g/mol. The molecule has 1 aliphatic carbocycles. The summed E-state index contributed by atoms with van der Waals surface area (Å²) in [5, 5.41) is 3.56. The zero-order valence-corrected chi connectivity index (χ0v) is 12.4. The van der Waals surface area contributed by atoms with Crippen LogP contribution in [0.2, 0.25) is 0 Å². The van der Waals surface area contributed by atoms with Crippen molar-refractivity contribution >= 4 is 0 Å². The van der Waals surface area contributed by atoms with Crippen molar-refractivity contribution in [2.24, 2.45) is 0 Å². The van der Waals surface area contributed by atoms with E-state index in [9.17, 15) is 0 Å². The van der Waals surface area contributed by atoms with Crippen LogP contribution in [0.5, 0.6) is 0 Å². The van der Waals surface area contributed by atoms with E-state index < -0.39 is 0 Å². The molecular weight excluding hydrogens is 246 g/mol. The standard InChI is InChI=1S/C18H23NO/c1-3-19-17(18-13(2)10-11-20-18)16-9-8-14-6-4-5-7-15(14)12-16/h8-12,17,19H,3-7H2,1-2H3. The molecule has 1 atom stereocenters. The van der Waals surface area contributed by atoms with Gasteiger partial charge in [-0.05, 0) is 67.5 Å². The average molecular weight is 269 g/mol. The molecule has 1 aromatic heterocycles. The number of aryl methyl sites for hydroxylation is 3. The van der Waals surface area contributed by atoms with Gasteiger partial charge in [0.1, 0.15) is 5.76 Å². The molecule has 0 saturated heterocycles. The highest BCUT2D eigenvalue weighted by atomic mass is 16.3.